The maximum absolute atomic E-state index is 5.09. The second-order valence-electron chi connectivity index (χ2n) is 3.24. The third kappa shape index (κ3) is 4.34. The maximum atomic E-state index is 5.09. The van der Waals surface area contributed by atoms with E-state index in [2.05, 4.69) is 17.4 Å². The molecule has 0 aromatic carbocycles. The van der Waals surface area contributed by atoms with Gasteiger partial charge in [-0.1, -0.05) is 12.1 Å². The van der Waals surface area contributed by atoms with Crippen LogP contribution in [0.5, 0.6) is 0 Å². The Labute approximate surface area is 74.2 Å². The third-order valence-electron chi connectivity index (χ3n) is 1.94. The molecule has 0 saturated heterocycles. The van der Waals surface area contributed by atoms with Crippen molar-refractivity contribution >= 4 is 5.71 Å². The average Bonchev–Trinajstić information content (AvgIpc) is 2.87. The van der Waals surface area contributed by atoms with Crippen LogP contribution < -0.4 is 5.32 Å². The van der Waals surface area contributed by atoms with Gasteiger partial charge in [-0.15, -0.1) is 0 Å². The van der Waals surface area contributed by atoms with Gasteiger partial charge in [-0.3, -0.25) is 0 Å². The van der Waals surface area contributed by atoms with E-state index >= 15 is 0 Å². The number of rotatable bonds is 6. The van der Waals surface area contributed by atoms with E-state index in [-0.39, 0.29) is 0 Å². The van der Waals surface area contributed by atoms with Crippen LogP contribution in [0.1, 0.15) is 33.1 Å². The zero-order chi connectivity index (χ0) is 8.81. The minimum atomic E-state index is 0.688. The van der Waals surface area contributed by atoms with Crippen molar-refractivity contribution in [3.8, 4) is 0 Å². The summed E-state index contributed by atoms with van der Waals surface area (Å²) in [5, 5.41) is 7.29. The van der Waals surface area contributed by atoms with Gasteiger partial charge in [0.2, 0.25) is 0 Å². The molecule has 0 heterocycles. The van der Waals surface area contributed by atoms with Gasteiger partial charge in [-0.25, -0.2) is 0 Å². The molecule has 1 aliphatic rings. The molecule has 12 heavy (non-hydrogen) atoms. The van der Waals surface area contributed by atoms with Crippen LogP contribution in [0.15, 0.2) is 5.16 Å². The zero-order valence-electron chi connectivity index (χ0n) is 7.97. The van der Waals surface area contributed by atoms with Gasteiger partial charge in [0.25, 0.3) is 0 Å². The van der Waals surface area contributed by atoms with Gasteiger partial charge >= 0.3 is 0 Å². The second-order valence-corrected chi connectivity index (χ2v) is 3.24. The summed E-state index contributed by atoms with van der Waals surface area (Å²) < 4.78 is 0. The first-order chi connectivity index (χ1) is 5.83. The monoisotopic (exact) mass is 170 g/mol. The SMILES string of the molecule is CC/C(C)=N/OCCNC1CC1. The molecular weight excluding hydrogens is 152 g/mol. The Morgan fingerprint density at radius 3 is 2.92 bits per heavy atom. The molecule has 0 aromatic rings. The van der Waals surface area contributed by atoms with E-state index in [9.17, 15) is 0 Å². The van der Waals surface area contributed by atoms with Gasteiger partial charge in [0.05, 0.1) is 5.71 Å². The molecule has 3 nitrogen and oxygen atoms in total. The summed E-state index contributed by atoms with van der Waals surface area (Å²) in [6, 6.07) is 0.768. The Bertz CT molecular complexity index is 153. The zero-order valence-corrected chi connectivity index (χ0v) is 7.97. The maximum Gasteiger partial charge on any atom is 0.129 e. The highest BCUT2D eigenvalue weighted by molar-refractivity contribution is 5.80. The fraction of sp³-hybridized carbons (Fsp3) is 0.889. The predicted molar refractivity (Wildman–Crippen MR) is 50.4 cm³/mol. The van der Waals surface area contributed by atoms with Gasteiger partial charge in [-0.2, -0.15) is 0 Å². The van der Waals surface area contributed by atoms with Crippen LogP contribution in [-0.2, 0) is 4.84 Å². The second kappa shape index (κ2) is 5.14. The Kier molecular flexibility index (Phi) is 4.08. The summed E-state index contributed by atoms with van der Waals surface area (Å²) in [5.74, 6) is 0. The lowest BCUT2D eigenvalue weighted by atomic mass is 10.3. The highest BCUT2D eigenvalue weighted by Crippen LogP contribution is 2.17. The lowest BCUT2D eigenvalue weighted by Crippen LogP contribution is -2.20. The van der Waals surface area contributed by atoms with Gasteiger partial charge < -0.3 is 10.2 Å². The van der Waals surface area contributed by atoms with Gasteiger partial charge in [-0.05, 0) is 26.2 Å². The molecule has 1 fully saturated rings. The van der Waals surface area contributed by atoms with Gasteiger partial charge in [0.15, 0.2) is 0 Å². The van der Waals surface area contributed by atoms with Gasteiger partial charge in [0.1, 0.15) is 6.61 Å². The van der Waals surface area contributed by atoms with Crippen LogP contribution in [0, 0.1) is 0 Å². The lowest BCUT2D eigenvalue weighted by Gasteiger charge is -2.01. The van der Waals surface area contributed by atoms with E-state index in [1.807, 2.05) is 6.92 Å². The fourth-order valence-electron chi connectivity index (χ4n) is 0.817. The number of oxime groups is 1. The van der Waals surface area contributed by atoms with Crippen LogP contribution in [0.25, 0.3) is 0 Å². The van der Waals surface area contributed by atoms with Crippen molar-refractivity contribution in [1.29, 1.82) is 0 Å². The molecule has 3 heteroatoms. The third-order valence-corrected chi connectivity index (χ3v) is 1.94. The molecule has 0 spiro atoms. The van der Waals surface area contributed by atoms with Crippen molar-refractivity contribution in [1.82, 2.24) is 5.32 Å². The number of nitrogens with zero attached hydrogens (tertiary/aromatic N) is 1. The highest BCUT2D eigenvalue weighted by atomic mass is 16.6. The normalized spacial score (nSPS) is 18.0. The summed E-state index contributed by atoms with van der Waals surface area (Å²) in [5.41, 5.74) is 1.06. The smallest absolute Gasteiger partial charge is 0.129 e. The van der Waals surface area contributed by atoms with Crippen molar-refractivity contribution in [3.63, 3.8) is 0 Å². The number of hydrogen-bond acceptors (Lipinski definition) is 3. The fourth-order valence-corrected chi connectivity index (χ4v) is 0.817. The molecule has 0 atom stereocenters. The highest BCUT2D eigenvalue weighted by Gasteiger charge is 2.19. The first-order valence-electron chi connectivity index (χ1n) is 4.71. The van der Waals surface area contributed by atoms with Crippen molar-refractivity contribution < 1.29 is 4.84 Å². The quantitative estimate of drug-likeness (QED) is 0.373. The average molecular weight is 170 g/mol. The summed E-state index contributed by atoms with van der Waals surface area (Å²) >= 11 is 0. The van der Waals surface area contributed by atoms with Crippen LogP contribution in [0.3, 0.4) is 0 Å². The Hall–Kier alpha value is -0.570. The minimum absolute atomic E-state index is 0.688. The van der Waals surface area contributed by atoms with Crippen molar-refractivity contribution in [3.05, 3.63) is 0 Å². The van der Waals surface area contributed by atoms with Crippen molar-refractivity contribution in [2.45, 2.75) is 39.2 Å². The van der Waals surface area contributed by atoms with E-state index in [4.69, 9.17) is 4.84 Å². The minimum Gasteiger partial charge on any atom is -0.395 e. The Balaban J connectivity index is 1.87. The molecule has 0 aliphatic heterocycles. The largest absolute Gasteiger partial charge is 0.395 e. The molecule has 0 aromatic heterocycles. The molecule has 1 aliphatic carbocycles. The van der Waals surface area contributed by atoms with Crippen LogP contribution >= 0.6 is 0 Å². The molecule has 0 unspecified atom stereocenters. The molecule has 0 amide bonds. The summed E-state index contributed by atoms with van der Waals surface area (Å²) in [6.45, 7) is 5.66. The van der Waals surface area contributed by atoms with Crippen LogP contribution in [0.4, 0.5) is 0 Å². The van der Waals surface area contributed by atoms with Crippen LogP contribution in [0.2, 0.25) is 0 Å². The van der Waals surface area contributed by atoms with E-state index in [1.54, 1.807) is 0 Å². The summed E-state index contributed by atoms with van der Waals surface area (Å²) in [4.78, 5) is 5.09. The molecule has 0 radical (unpaired) electrons. The predicted octanol–water partition coefficient (Wildman–Crippen LogP) is 1.54. The summed E-state index contributed by atoms with van der Waals surface area (Å²) in [6.07, 6.45) is 3.63. The van der Waals surface area contributed by atoms with Crippen molar-refractivity contribution in [2.24, 2.45) is 5.16 Å². The Morgan fingerprint density at radius 2 is 2.33 bits per heavy atom. The van der Waals surface area contributed by atoms with E-state index in [0.29, 0.717) is 6.61 Å². The van der Waals surface area contributed by atoms with E-state index < -0.39 is 0 Å². The standard InChI is InChI=1S/C9H18N2O/c1-3-8(2)11-12-7-6-10-9-4-5-9/h9-10H,3-7H2,1-2H3/b11-8+. The molecule has 0 bridgehead atoms. The van der Waals surface area contributed by atoms with E-state index in [1.165, 1.54) is 12.8 Å². The van der Waals surface area contributed by atoms with Gasteiger partial charge in [0, 0.05) is 12.6 Å². The van der Waals surface area contributed by atoms with Crippen molar-refractivity contribution in [2.75, 3.05) is 13.2 Å². The molecule has 1 rings (SSSR count). The number of hydrogen-bond donors (Lipinski definition) is 1. The van der Waals surface area contributed by atoms with Crippen LogP contribution in [-0.4, -0.2) is 24.9 Å². The van der Waals surface area contributed by atoms with E-state index in [0.717, 1.165) is 24.7 Å². The topological polar surface area (TPSA) is 33.6 Å². The Morgan fingerprint density at radius 1 is 1.58 bits per heavy atom. The molecule has 1 N–H and O–H groups in total. The number of nitrogens with one attached hydrogen (secondary N) is 1. The molecular formula is C9H18N2O. The lowest BCUT2D eigenvalue weighted by molar-refractivity contribution is 0.145. The molecule has 70 valence electrons. The summed E-state index contributed by atoms with van der Waals surface area (Å²) in [7, 11) is 0. The molecule has 1 saturated carbocycles. The first-order valence-corrected chi connectivity index (χ1v) is 4.71. The first kappa shape index (κ1) is 9.52.